The van der Waals surface area contributed by atoms with Gasteiger partial charge in [0.1, 0.15) is 36.3 Å². The summed E-state index contributed by atoms with van der Waals surface area (Å²) in [7, 11) is 3.02. The van der Waals surface area contributed by atoms with E-state index in [4.69, 9.17) is 25.8 Å². The Hall–Kier alpha value is -1.67. The standard InChI is InChI=1S/C21H25ClO6/c1-26-15-6-3-12(4-7-15)9-14-10-13(5-8-16(14)22)20-18(24)19(25)21(27-2)17(11-23)28-20/h3-8,10,17-21,23-25H,9,11H2,1-2H3/t17-,18-,19-,20+,21-/m1/s1. The molecule has 1 heterocycles. The van der Waals surface area contributed by atoms with E-state index in [1.54, 1.807) is 19.2 Å². The first-order chi connectivity index (χ1) is 13.5. The SMILES string of the molecule is COc1ccc(Cc2cc([C@@H]3O[C@H](CO)[C@@H](OC)[C@H](O)[C@H]3O)ccc2Cl)cc1. The molecule has 0 bridgehead atoms. The van der Waals surface area contributed by atoms with E-state index in [1.807, 2.05) is 30.3 Å². The molecule has 2 aromatic carbocycles. The third-order valence-electron chi connectivity index (χ3n) is 5.09. The van der Waals surface area contributed by atoms with Crippen LogP contribution in [0, 0.1) is 0 Å². The smallest absolute Gasteiger partial charge is 0.118 e. The summed E-state index contributed by atoms with van der Waals surface area (Å²) in [6, 6.07) is 13.0. The second kappa shape index (κ2) is 9.22. The summed E-state index contributed by atoms with van der Waals surface area (Å²) < 4.78 is 16.2. The highest BCUT2D eigenvalue weighted by atomic mass is 35.5. The fourth-order valence-electron chi connectivity index (χ4n) is 3.52. The van der Waals surface area contributed by atoms with Crippen molar-refractivity contribution in [1.29, 1.82) is 0 Å². The largest absolute Gasteiger partial charge is 0.497 e. The molecular formula is C21H25ClO6. The Bertz CT molecular complexity index is 779. The van der Waals surface area contributed by atoms with Crippen LogP contribution in [0.15, 0.2) is 42.5 Å². The first-order valence-electron chi connectivity index (χ1n) is 9.05. The van der Waals surface area contributed by atoms with Crippen LogP contribution in [0.4, 0.5) is 0 Å². The van der Waals surface area contributed by atoms with Crippen molar-refractivity contribution in [2.75, 3.05) is 20.8 Å². The van der Waals surface area contributed by atoms with Gasteiger partial charge in [-0.3, -0.25) is 0 Å². The van der Waals surface area contributed by atoms with Crippen molar-refractivity contribution in [3.8, 4) is 5.75 Å². The van der Waals surface area contributed by atoms with Gasteiger partial charge < -0.3 is 29.5 Å². The van der Waals surface area contributed by atoms with Gasteiger partial charge in [0.2, 0.25) is 0 Å². The number of methoxy groups -OCH3 is 2. The van der Waals surface area contributed by atoms with Gasteiger partial charge in [-0.1, -0.05) is 35.9 Å². The van der Waals surface area contributed by atoms with E-state index in [0.717, 1.165) is 16.9 Å². The molecule has 0 radical (unpaired) electrons. The van der Waals surface area contributed by atoms with Crippen molar-refractivity contribution in [1.82, 2.24) is 0 Å². The fraction of sp³-hybridized carbons (Fsp3) is 0.429. The zero-order chi connectivity index (χ0) is 20.3. The summed E-state index contributed by atoms with van der Waals surface area (Å²) in [6.07, 6.45) is -4.13. The highest BCUT2D eigenvalue weighted by Crippen LogP contribution is 2.35. The number of ether oxygens (including phenoxy) is 3. The molecule has 0 spiro atoms. The van der Waals surface area contributed by atoms with Gasteiger partial charge in [-0.15, -0.1) is 0 Å². The van der Waals surface area contributed by atoms with Gasteiger partial charge in [0.25, 0.3) is 0 Å². The number of aliphatic hydroxyl groups excluding tert-OH is 3. The summed E-state index contributed by atoms with van der Waals surface area (Å²) in [4.78, 5) is 0. The van der Waals surface area contributed by atoms with Crippen molar-refractivity contribution in [3.05, 3.63) is 64.2 Å². The lowest BCUT2D eigenvalue weighted by molar-refractivity contribution is -0.238. The fourth-order valence-corrected chi connectivity index (χ4v) is 3.71. The molecule has 3 N–H and O–H groups in total. The van der Waals surface area contributed by atoms with Crippen LogP contribution in [0.3, 0.4) is 0 Å². The third-order valence-corrected chi connectivity index (χ3v) is 5.46. The molecule has 5 atom stereocenters. The quantitative estimate of drug-likeness (QED) is 0.678. The second-order valence-corrected chi connectivity index (χ2v) is 7.24. The first-order valence-corrected chi connectivity index (χ1v) is 9.42. The highest BCUT2D eigenvalue weighted by molar-refractivity contribution is 6.31. The number of hydrogen-bond donors (Lipinski definition) is 3. The molecule has 1 saturated heterocycles. The number of hydrogen-bond acceptors (Lipinski definition) is 6. The van der Waals surface area contributed by atoms with Gasteiger partial charge in [-0.25, -0.2) is 0 Å². The van der Waals surface area contributed by atoms with E-state index in [9.17, 15) is 15.3 Å². The summed E-state index contributed by atoms with van der Waals surface area (Å²) in [6.45, 7) is -0.328. The lowest BCUT2D eigenvalue weighted by Gasteiger charge is -2.41. The molecule has 3 rings (SSSR count). The molecule has 1 aliphatic heterocycles. The molecule has 2 aromatic rings. The van der Waals surface area contributed by atoms with Crippen LogP contribution in [0.5, 0.6) is 5.75 Å². The molecule has 28 heavy (non-hydrogen) atoms. The summed E-state index contributed by atoms with van der Waals surface area (Å²) in [5.74, 6) is 0.777. The van der Waals surface area contributed by atoms with Crippen LogP contribution in [-0.2, 0) is 15.9 Å². The predicted octanol–water partition coefficient (Wildman–Crippen LogP) is 2.11. The number of benzene rings is 2. The van der Waals surface area contributed by atoms with Gasteiger partial charge in [0.05, 0.1) is 13.7 Å². The Labute approximate surface area is 169 Å². The minimum Gasteiger partial charge on any atom is -0.497 e. The summed E-state index contributed by atoms with van der Waals surface area (Å²) in [5.41, 5.74) is 2.59. The van der Waals surface area contributed by atoms with Gasteiger partial charge in [-0.2, -0.15) is 0 Å². The average Bonchev–Trinajstić information content (AvgIpc) is 2.72. The zero-order valence-electron chi connectivity index (χ0n) is 15.8. The van der Waals surface area contributed by atoms with Gasteiger partial charge >= 0.3 is 0 Å². The Morgan fingerprint density at radius 3 is 2.36 bits per heavy atom. The lowest BCUT2D eigenvalue weighted by atomic mass is 9.90. The van der Waals surface area contributed by atoms with E-state index >= 15 is 0 Å². The molecule has 152 valence electrons. The molecule has 1 aliphatic rings. The summed E-state index contributed by atoms with van der Waals surface area (Å²) >= 11 is 6.37. The van der Waals surface area contributed by atoms with Crippen molar-refractivity contribution in [3.63, 3.8) is 0 Å². The van der Waals surface area contributed by atoms with E-state index in [2.05, 4.69) is 0 Å². The van der Waals surface area contributed by atoms with Crippen LogP contribution in [-0.4, -0.2) is 60.6 Å². The Balaban J connectivity index is 1.85. The molecule has 7 heteroatoms. The van der Waals surface area contributed by atoms with Crippen LogP contribution >= 0.6 is 11.6 Å². The topological polar surface area (TPSA) is 88.4 Å². The van der Waals surface area contributed by atoms with Crippen molar-refractivity contribution in [2.24, 2.45) is 0 Å². The van der Waals surface area contributed by atoms with E-state index in [0.29, 0.717) is 17.0 Å². The average molecular weight is 409 g/mol. The maximum Gasteiger partial charge on any atom is 0.118 e. The normalized spacial score (nSPS) is 27.6. The second-order valence-electron chi connectivity index (χ2n) is 6.83. The van der Waals surface area contributed by atoms with Crippen LogP contribution in [0.1, 0.15) is 22.8 Å². The van der Waals surface area contributed by atoms with Gasteiger partial charge in [-0.05, 0) is 41.3 Å². The lowest BCUT2D eigenvalue weighted by Crippen LogP contribution is -2.56. The Kier molecular flexibility index (Phi) is 6.93. The molecule has 1 fully saturated rings. The van der Waals surface area contributed by atoms with Crippen molar-refractivity contribution < 1.29 is 29.5 Å². The minimum absolute atomic E-state index is 0.328. The minimum atomic E-state index is -1.19. The molecule has 6 nitrogen and oxygen atoms in total. The molecule has 0 unspecified atom stereocenters. The van der Waals surface area contributed by atoms with E-state index in [1.165, 1.54) is 7.11 Å². The first kappa shape index (κ1) is 21.0. The predicted molar refractivity (Wildman–Crippen MR) is 105 cm³/mol. The number of halogens is 1. The van der Waals surface area contributed by atoms with E-state index < -0.39 is 30.5 Å². The molecule has 0 amide bonds. The monoisotopic (exact) mass is 408 g/mol. The maximum atomic E-state index is 10.5. The Morgan fingerprint density at radius 2 is 1.75 bits per heavy atom. The van der Waals surface area contributed by atoms with Crippen LogP contribution in [0.2, 0.25) is 5.02 Å². The molecule has 0 saturated carbocycles. The van der Waals surface area contributed by atoms with Gasteiger partial charge in [0, 0.05) is 12.1 Å². The zero-order valence-corrected chi connectivity index (χ0v) is 16.5. The number of aliphatic hydroxyl groups is 3. The third kappa shape index (κ3) is 4.33. The number of rotatable bonds is 6. The maximum absolute atomic E-state index is 10.5. The van der Waals surface area contributed by atoms with Crippen molar-refractivity contribution in [2.45, 2.75) is 36.9 Å². The van der Waals surface area contributed by atoms with Gasteiger partial charge in [0.15, 0.2) is 0 Å². The molecular weight excluding hydrogens is 384 g/mol. The molecule has 0 aromatic heterocycles. The van der Waals surface area contributed by atoms with Crippen LogP contribution in [0.25, 0.3) is 0 Å². The van der Waals surface area contributed by atoms with E-state index in [-0.39, 0.29) is 6.61 Å². The Morgan fingerprint density at radius 1 is 1.04 bits per heavy atom. The highest BCUT2D eigenvalue weighted by Gasteiger charge is 2.45. The summed E-state index contributed by atoms with van der Waals surface area (Å²) in [5, 5.41) is 31.1. The molecule has 0 aliphatic carbocycles. The van der Waals surface area contributed by atoms with Crippen molar-refractivity contribution >= 4 is 11.6 Å². The van der Waals surface area contributed by atoms with Crippen LogP contribution < -0.4 is 4.74 Å².